The molecule has 1 N–H and O–H groups in total. The molecule has 0 unspecified atom stereocenters. The van der Waals surface area contributed by atoms with Gasteiger partial charge in [0.15, 0.2) is 4.96 Å². The van der Waals surface area contributed by atoms with E-state index in [0.717, 1.165) is 39.5 Å². The normalized spacial score (nSPS) is 11.1. The van der Waals surface area contributed by atoms with Crippen LogP contribution in [0.3, 0.4) is 0 Å². The van der Waals surface area contributed by atoms with Gasteiger partial charge in [0.25, 0.3) is 0 Å². The summed E-state index contributed by atoms with van der Waals surface area (Å²) >= 11 is 3.90. The van der Waals surface area contributed by atoms with Crippen molar-refractivity contribution in [3.8, 4) is 11.6 Å². The van der Waals surface area contributed by atoms with Gasteiger partial charge in [-0.05, 0) is 47.7 Å². The van der Waals surface area contributed by atoms with Crippen LogP contribution in [0.4, 0.5) is 0 Å². The van der Waals surface area contributed by atoms with Gasteiger partial charge < -0.3 is 10.1 Å². The fourth-order valence-corrected chi connectivity index (χ4v) is 3.29. The van der Waals surface area contributed by atoms with Crippen molar-refractivity contribution in [2.45, 2.75) is 19.9 Å². The summed E-state index contributed by atoms with van der Waals surface area (Å²) in [6.45, 7) is 3.90. The van der Waals surface area contributed by atoms with E-state index in [4.69, 9.17) is 4.74 Å². The van der Waals surface area contributed by atoms with Gasteiger partial charge in [0.2, 0.25) is 5.88 Å². The molecule has 0 radical (unpaired) electrons. The maximum Gasteiger partial charge on any atom is 0.243 e. The molecular formula is C15H16IN3OS. The molecule has 0 amide bonds. The van der Waals surface area contributed by atoms with Crippen molar-refractivity contribution in [3.63, 3.8) is 0 Å². The molecule has 0 fully saturated rings. The van der Waals surface area contributed by atoms with Crippen LogP contribution in [-0.2, 0) is 6.54 Å². The molecule has 6 heteroatoms. The molecule has 110 valence electrons. The zero-order valence-electron chi connectivity index (χ0n) is 11.7. The summed E-state index contributed by atoms with van der Waals surface area (Å²) in [5.74, 6) is 1.54. The predicted molar refractivity (Wildman–Crippen MR) is 94.3 cm³/mol. The van der Waals surface area contributed by atoms with Crippen LogP contribution in [-0.4, -0.2) is 15.9 Å². The monoisotopic (exact) mass is 413 g/mol. The number of hydrogen-bond acceptors (Lipinski definition) is 4. The Labute approximate surface area is 141 Å². The van der Waals surface area contributed by atoms with E-state index in [2.05, 4.69) is 44.2 Å². The van der Waals surface area contributed by atoms with Crippen LogP contribution in [0.25, 0.3) is 4.96 Å². The van der Waals surface area contributed by atoms with Crippen LogP contribution >= 0.6 is 33.9 Å². The number of hydrogen-bond donors (Lipinski definition) is 1. The Bertz CT molecular complexity index is 737. The number of halogens is 1. The number of para-hydroxylation sites is 1. The summed E-state index contributed by atoms with van der Waals surface area (Å²) in [6, 6.07) is 7.98. The summed E-state index contributed by atoms with van der Waals surface area (Å²) in [7, 11) is 0. The van der Waals surface area contributed by atoms with Gasteiger partial charge in [-0.25, -0.2) is 0 Å². The van der Waals surface area contributed by atoms with Gasteiger partial charge in [0.05, 0.1) is 3.57 Å². The summed E-state index contributed by atoms with van der Waals surface area (Å²) in [5.41, 5.74) is 1.07. The molecule has 0 saturated heterocycles. The zero-order valence-corrected chi connectivity index (χ0v) is 14.6. The molecule has 21 heavy (non-hydrogen) atoms. The highest BCUT2D eigenvalue weighted by molar-refractivity contribution is 14.1. The Hall–Kier alpha value is -1.12. The minimum Gasteiger partial charge on any atom is -0.436 e. The Kier molecular flexibility index (Phi) is 4.77. The molecule has 0 atom stereocenters. The third-order valence-electron chi connectivity index (χ3n) is 3.09. The second-order valence-electron chi connectivity index (χ2n) is 4.63. The van der Waals surface area contributed by atoms with Crippen molar-refractivity contribution < 1.29 is 4.74 Å². The average Bonchev–Trinajstić information content (AvgIpc) is 3.04. The van der Waals surface area contributed by atoms with E-state index in [0.29, 0.717) is 5.88 Å². The number of thiazole rings is 1. The molecule has 0 aliphatic carbocycles. The highest BCUT2D eigenvalue weighted by Gasteiger charge is 2.15. The summed E-state index contributed by atoms with van der Waals surface area (Å²) in [4.78, 5) is 5.57. The molecule has 3 aromatic rings. The Morgan fingerprint density at radius 1 is 1.38 bits per heavy atom. The Balaban J connectivity index is 1.91. The topological polar surface area (TPSA) is 38.6 Å². The Morgan fingerprint density at radius 2 is 2.24 bits per heavy atom. The maximum atomic E-state index is 6.04. The highest BCUT2D eigenvalue weighted by atomic mass is 127. The molecule has 0 aliphatic rings. The van der Waals surface area contributed by atoms with E-state index in [1.165, 1.54) is 0 Å². The van der Waals surface area contributed by atoms with Gasteiger partial charge in [0, 0.05) is 18.1 Å². The standard InChI is InChI=1S/C15H16IN3OS/c1-2-7-17-10-12-14(18-15-19(12)8-9-21-15)20-13-6-4-3-5-11(13)16/h3-6,8-9,17H,2,7,10H2,1H3. The highest BCUT2D eigenvalue weighted by Crippen LogP contribution is 2.30. The van der Waals surface area contributed by atoms with Crippen LogP contribution in [0.2, 0.25) is 0 Å². The zero-order chi connectivity index (χ0) is 14.7. The number of rotatable bonds is 6. The van der Waals surface area contributed by atoms with Gasteiger partial charge in [-0.3, -0.25) is 4.40 Å². The van der Waals surface area contributed by atoms with Crippen molar-refractivity contribution in [3.05, 3.63) is 45.1 Å². The first kappa shape index (κ1) is 14.8. The van der Waals surface area contributed by atoms with E-state index in [1.807, 2.05) is 35.8 Å². The third kappa shape index (κ3) is 3.22. The lowest BCUT2D eigenvalue weighted by molar-refractivity contribution is 0.452. The fourth-order valence-electron chi connectivity index (χ4n) is 2.07. The van der Waals surface area contributed by atoms with Gasteiger partial charge in [-0.2, -0.15) is 4.98 Å². The van der Waals surface area contributed by atoms with Crippen molar-refractivity contribution in [1.29, 1.82) is 0 Å². The van der Waals surface area contributed by atoms with Crippen LogP contribution in [0.1, 0.15) is 19.0 Å². The maximum absolute atomic E-state index is 6.04. The van der Waals surface area contributed by atoms with E-state index in [9.17, 15) is 0 Å². The first-order valence-corrected chi connectivity index (χ1v) is 8.83. The number of nitrogens with one attached hydrogen (secondary N) is 1. The first-order valence-electron chi connectivity index (χ1n) is 6.87. The van der Waals surface area contributed by atoms with Gasteiger partial charge in [0.1, 0.15) is 11.4 Å². The molecule has 0 saturated carbocycles. The quantitative estimate of drug-likeness (QED) is 0.484. The van der Waals surface area contributed by atoms with E-state index >= 15 is 0 Å². The molecule has 2 heterocycles. The number of ether oxygens (including phenoxy) is 1. The van der Waals surface area contributed by atoms with Crippen LogP contribution in [0, 0.1) is 3.57 Å². The van der Waals surface area contributed by atoms with E-state index in [-0.39, 0.29) is 0 Å². The molecule has 0 aliphatic heterocycles. The van der Waals surface area contributed by atoms with Crippen molar-refractivity contribution >= 4 is 38.9 Å². The number of imidazole rings is 1. The molecule has 4 nitrogen and oxygen atoms in total. The lowest BCUT2D eigenvalue weighted by atomic mass is 10.3. The van der Waals surface area contributed by atoms with Crippen LogP contribution in [0.15, 0.2) is 35.8 Å². The molecule has 0 spiro atoms. The van der Waals surface area contributed by atoms with Gasteiger partial charge in [-0.15, -0.1) is 11.3 Å². The van der Waals surface area contributed by atoms with Crippen LogP contribution in [0.5, 0.6) is 11.6 Å². The molecule has 1 aromatic carbocycles. The molecule has 2 aromatic heterocycles. The number of fused-ring (bicyclic) bond motifs is 1. The lowest BCUT2D eigenvalue weighted by Crippen LogP contribution is -2.15. The third-order valence-corrected chi connectivity index (χ3v) is 4.73. The van der Waals surface area contributed by atoms with E-state index in [1.54, 1.807) is 11.3 Å². The van der Waals surface area contributed by atoms with Crippen molar-refractivity contribution in [2.24, 2.45) is 0 Å². The average molecular weight is 413 g/mol. The number of aromatic nitrogens is 2. The summed E-state index contributed by atoms with van der Waals surface area (Å²) in [5, 5.41) is 5.47. The SMILES string of the molecule is CCCNCc1c(Oc2ccccc2I)nc2sccn12. The fraction of sp³-hybridized carbons (Fsp3) is 0.267. The molecule has 0 bridgehead atoms. The van der Waals surface area contributed by atoms with Gasteiger partial charge >= 0.3 is 0 Å². The predicted octanol–water partition coefficient (Wildman–Crippen LogP) is 4.29. The smallest absolute Gasteiger partial charge is 0.243 e. The van der Waals surface area contributed by atoms with Crippen molar-refractivity contribution in [2.75, 3.05) is 6.54 Å². The lowest BCUT2D eigenvalue weighted by Gasteiger charge is -2.08. The molecular weight excluding hydrogens is 397 g/mol. The second-order valence-corrected chi connectivity index (χ2v) is 6.66. The van der Waals surface area contributed by atoms with Crippen molar-refractivity contribution in [1.82, 2.24) is 14.7 Å². The molecule has 3 rings (SSSR count). The largest absolute Gasteiger partial charge is 0.436 e. The Morgan fingerprint density at radius 3 is 3.05 bits per heavy atom. The van der Waals surface area contributed by atoms with Crippen LogP contribution < -0.4 is 10.1 Å². The summed E-state index contributed by atoms with van der Waals surface area (Å²) in [6.07, 6.45) is 3.15. The van der Waals surface area contributed by atoms with Gasteiger partial charge in [-0.1, -0.05) is 19.1 Å². The second kappa shape index (κ2) is 6.76. The van der Waals surface area contributed by atoms with E-state index < -0.39 is 0 Å². The minimum absolute atomic E-state index is 0.689. The summed E-state index contributed by atoms with van der Waals surface area (Å²) < 4.78 is 9.22. The minimum atomic E-state index is 0.689. The number of nitrogens with zero attached hydrogens (tertiary/aromatic N) is 2. The number of benzene rings is 1. The first-order chi connectivity index (χ1) is 10.3.